The fraction of sp³-hybridized carbons (Fsp3) is 0.800. The summed E-state index contributed by atoms with van der Waals surface area (Å²) >= 11 is 1.71. The van der Waals surface area contributed by atoms with Crippen LogP contribution in [0.3, 0.4) is 0 Å². The van der Waals surface area contributed by atoms with E-state index in [9.17, 15) is 0 Å². The molecule has 2 rings (SSSR count). The van der Waals surface area contributed by atoms with Gasteiger partial charge >= 0.3 is 0 Å². The van der Waals surface area contributed by atoms with E-state index >= 15 is 0 Å². The third-order valence-electron chi connectivity index (χ3n) is 3.62. The highest BCUT2D eigenvalue weighted by Gasteiger charge is 2.24. The van der Waals surface area contributed by atoms with Gasteiger partial charge in [-0.25, -0.2) is 4.98 Å². The minimum Gasteiger partial charge on any atom is -0.378 e. The quantitative estimate of drug-likeness (QED) is 0.712. The number of nitrogens with one attached hydrogen (secondary N) is 1. The van der Waals surface area contributed by atoms with E-state index in [0.717, 1.165) is 51.3 Å². The van der Waals surface area contributed by atoms with Crippen molar-refractivity contribution in [2.75, 3.05) is 26.3 Å². The molecule has 1 saturated heterocycles. The van der Waals surface area contributed by atoms with Crippen molar-refractivity contribution >= 4 is 11.3 Å². The molecule has 20 heavy (non-hydrogen) atoms. The van der Waals surface area contributed by atoms with Crippen molar-refractivity contribution in [2.45, 2.75) is 51.7 Å². The lowest BCUT2D eigenvalue weighted by molar-refractivity contribution is -0.0134. The highest BCUT2D eigenvalue weighted by atomic mass is 32.1. The number of nitrogens with zero attached hydrogens (tertiary/aromatic N) is 1. The Hall–Kier alpha value is -0.490. The van der Waals surface area contributed by atoms with E-state index in [2.05, 4.69) is 24.1 Å². The molecule has 1 aliphatic heterocycles. The van der Waals surface area contributed by atoms with Gasteiger partial charge in [0.15, 0.2) is 0 Å². The van der Waals surface area contributed by atoms with Gasteiger partial charge in [0.05, 0.1) is 36.6 Å². The average molecular weight is 298 g/mol. The van der Waals surface area contributed by atoms with Crippen molar-refractivity contribution in [1.29, 1.82) is 0 Å². The van der Waals surface area contributed by atoms with Crippen LogP contribution in [0.1, 0.15) is 36.8 Å². The molecular formula is C15H26N2O2S. The normalized spacial score (nSPS) is 22.5. The molecule has 0 amide bonds. The Balaban J connectivity index is 1.53. The Morgan fingerprint density at radius 1 is 1.45 bits per heavy atom. The van der Waals surface area contributed by atoms with Gasteiger partial charge in [-0.2, -0.15) is 0 Å². The molecule has 1 aromatic rings. The minimum atomic E-state index is 0.283. The lowest BCUT2D eigenvalue weighted by atomic mass is 10.2. The fourth-order valence-corrected chi connectivity index (χ4v) is 3.20. The lowest BCUT2D eigenvalue weighted by Gasteiger charge is -2.14. The van der Waals surface area contributed by atoms with Gasteiger partial charge in [0.25, 0.3) is 0 Å². The van der Waals surface area contributed by atoms with Crippen LogP contribution in [0.4, 0.5) is 0 Å². The Morgan fingerprint density at radius 2 is 2.30 bits per heavy atom. The first-order chi connectivity index (χ1) is 9.79. The van der Waals surface area contributed by atoms with Crippen LogP contribution >= 0.6 is 11.3 Å². The molecule has 1 N–H and O–H groups in total. The maximum atomic E-state index is 5.97. The third-order valence-corrected chi connectivity index (χ3v) is 4.61. The zero-order valence-electron chi connectivity index (χ0n) is 12.6. The van der Waals surface area contributed by atoms with Crippen molar-refractivity contribution in [3.63, 3.8) is 0 Å². The fourth-order valence-electron chi connectivity index (χ4n) is 2.44. The first-order valence-electron chi connectivity index (χ1n) is 7.62. The molecule has 0 spiro atoms. The van der Waals surface area contributed by atoms with Crippen molar-refractivity contribution < 1.29 is 9.47 Å². The topological polar surface area (TPSA) is 43.4 Å². The molecule has 1 aromatic heterocycles. The average Bonchev–Trinajstić information content (AvgIpc) is 3.05. The summed E-state index contributed by atoms with van der Waals surface area (Å²) in [4.78, 5) is 5.58. The number of hydrogen-bond donors (Lipinski definition) is 1. The smallest absolute Gasteiger partial charge is 0.0813 e. The molecule has 0 saturated carbocycles. The van der Waals surface area contributed by atoms with Gasteiger partial charge in [-0.15, -0.1) is 11.3 Å². The van der Waals surface area contributed by atoms with Crippen molar-refractivity contribution in [3.05, 3.63) is 16.1 Å². The van der Waals surface area contributed by atoms with Crippen LogP contribution < -0.4 is 5.32 Å². The summed E-state index contributed by atoms with van der Waals surface area (Å²) in [7, 11) is 0. The number of hydrogen-bond acceptors (Lipinski definition) is 5. The minimum absolute atomic E-state index is 0.283. The Labute approximate surface area is 125 Å². The predicted octanol–water partition coefficient (Wildman–Crippen LogP) is 2.56. The Morgan fingerprint density at radius 3 is 3.05 bits per heavy atom. The Kier molecular flexibility index (Phi) is 6.93. The molecule has 0 aliphatic carbocycles. The molecule has 114 valence electrons. The predicted molar refractivity (Wildman–Crippen MR) is 82.4 cm³/mol. The molecule has 0 bridgehead atoms. The van der Waals surface area contributed by atoms with E-state index in [1.807, 2.05) is 5.51 Å². The van der Waals surface area contributed by atoms with E-state index in [4.69, 9.17) is 9.47 Å². The van der Waals surface area contributed by atoms with Gasteiger partial charge in [0, 0.05) is 17.8 Å². The van der Waals surface area contributed by atoms with Crippen LogP contribution in [0.25, 0.3) is 0 Å². The van der Waals surface area contributed by atoms with Crippen molar-refractivity contribution in [3.8, 4) is 0 Å². The van der Waals surface area contributed by atoms with Crippen LogP contribution in [0, 0.1) is 6.92 Å². The molecule has 2 atom stereocenters. The van der Waals surface area contributed by atoms with Crippen LogP contribution in [0.2, 0.25) is 0 Å². The maximum absolute atomic E-state index is 5.97. The molecule has 2 unspecified atom stereocenters. The molecule has 1 aliphatic rings. The lowest BCUT2D eigenvalue weighted by Crippen LogP contribution is -2.28. The van der Waals surface area contributed by atoms with E-state index in [0.29, 0.717) is 6.10 Å². The largest absolute Gasteiger partial charge is 0.378 e. The number of rotatable bonds is 9. The van der Waals surface area contributed by atoms with Crippen molar-refractivity contribution in [2.24, 2.45) is 0 Å². The van der Waals surface area contributed by atoms with E-state index in [1.54, 1.807) is 11.3 Å². The van der Waals surface area contributed by atoms with Crippen LogP contribution in [0.5, 0.6) is 0 Å². The van der Waals surface area contributed by atoms with Gasteiger partial charge in [-0.1, -0.05) is 6.92 Å². The monoisotopic (exact) mass is 298 g/mol. The molecule has 1 fully saturated rings. The number of aryl methyl sites for hydroxylation is 1. The van der Waals surface area contributed by atoms with E-state index < -0.39 is 0 Å². The van der Waals surface area contributed by atoms with E-state index in [1.165, 1.54) is 11.3 Å². The first kappa shape index (κ1) is 15.9. The van der Waals surface area contributed by atoms with Crippen LogP contribution in [0.15, 0.2) is 5.51 Å². The summed E-state index contributed by atoms with van der Waals surface area (Å²) in [5.41, 5.74) is 3.04. The van der Waals surface area contributed by atoms with Gasteiger partial charge < -0.3 is 14.8 Å². The first-order valence-corrected chi connectivity index (χ1v) is 8.50. The SMILES string of the molecule is CCCNCC1CCC(COCCc2scnc2C)O1. The summed E-state index contributed by atoms with van der Waals surface area (Å²) in [6, 6.07) is 0. The van der Waals surface area contributed by atoms with Crippen LogP contribution in [-0.4, -0.2) is 43.5 Å². The Bertz CT molecular complexity index is 384. The highest BCUT2D eigenvalue weighted by Crippen LogP contribution is 2.19. The maximum Gasteiger partial charge on any atom is 0.0813 e. The molecule has 0 aromatic carbocycles. The molecular weight excluding hydrogens is 272 g/mol. The second-order valence-corrected chi connectivity index (χ2v) is 6.29. The zero-order valence-corrected chi connectivity index (χ0v) is 13.4. The molecule has 2 heterocycles. The number of thiazole rings is 1. The van der Waals surface area contributed by atoms with Gasteiger partial charge in [-0.05, 0) is 32.7 Å². The number of aromatic nitrogens is 1. The van der Waals surface area contributed by atoms with Crippen molar-refractivity contribution in [1.82, 2.24) is 10.3 Å². The van der Waals surface area contributed by atoms with Crippen LogP contribution in [-0.2, 0) is 15.9 Å². The third kappa shape index (κ3) is 5.13. The summed E-state index contributed by atoms with van der Waals surface area (Å²) < 4.78 is 11.7. The number of ether oxygens (including phenoxy) is 2. The second-order valence-electron chi connectivity index (χ2n) is 5.35. The zero-order chi connectivity index (χ0) is 14.2. The van der Waals surface area contributed by atoms with Gasteiger partial charge in [-0.3, -0.25) is 0 Å². The summed E-state index contributed by atoms with van der Waals surface area (Å²) in [5.74, 6) is 0. The van der Waals surface area contributed by atoms with E-state index in [-0.39, 0.29) is 6.10 Å². The molecule has 4 nitrogen and oxygen atoms in total. The standard InChI is InChI=1S/C15H26N2O2S/c1-3-7-16-9-13-4-5-14(19-13)10-18-8-6-15-12(2)17-11-20-15/h11,13-14,16H,3-10H2,1-2H3. The summed E-state index contributed by atoms with van der Waals surface area (Å²) in [6.45, 7) is 7.78. The van der Waals surface area contributed by atoms with Gasteiger partial charge in [0.2, 0.25) is 0 Å². The van der Waals surface area contributed by atoms with Gasteiger partial charge in [0.1, 0.15) is 0 Å². The summed E-state index contributed by atoms with van der Waals surface area (Å²) in [5, 5.41) is 3.42. The molecule has 0 radical (unpaired) electrons. The second kappa shape index (κ2) is 8.72. The summed E-state index contributed by atoms with van der Waals surface area (Å²) in [6.07, 6.45) is 5.07. The molecule has 5 heteroatoms. The highest BCUT2D eigenvalue weighted by molar-refractivity contribution is 7.09.